The second-order valence-corrected chi connectivity index (χ2v) is 10.8. The van der Waals surface area contributed by atoms with E-state index in [1.165, 1.54) is 19.3 Å². The van der Waals surface area contributed by atoms with Crippen molar-refractivity contribution in [2.75, 3.05) is 26.2 Å². The number of carbonyl (C=O) groups excluding carboxylic acids is 1. The average molecular weight is 487 g/mol. The summed E-state index contributed by atoms with van der Waals surface area (Å²) in [6.07, 6.45) is 9.31. The largest absolute Gasteiger partial charge is 0.494 e. The molecule has 0 atom stereocenters. The number of hydrogen-bond donors (Lipinski definition) is 1. The van der Waals surface area contributed by atoms with E-state index in [0.29, 0.717) is 43.1 Å². The molecule has 3 rings (SSSR count). The fourth-order valence-electron chi connectivity index (χ4n) is 4.10. The molecule has 0 bridgehead atoms. The van der Waals surface area contributed by atoms with Gasteiger partial charge in [0, 0.05) is 25.2 Å². The maximum absolute atomic E-state index is 12.9. The van der Waals surface area contributed by atoms with Gasteiger partial charge in [-0.15, -0.1) is 0 Å². The van der Waals surface area contributed by atoms with E-state index in [-0.39, 0.29) is 5.91 Å². The van der Waals surface area contributed by atoms with Crippen LogP contribution in [0.3, 0.4) is 0 Å². The maximum Gasteiger partial charge on any atom is 0.251 e. The van der Waals surface area contributed by atoms with Gasteiger partial charge in [-0.2, -0.15) is 4.31 Å². The monoisotopic (exact) mass is 486 g/mol. The van der Waals surface area contributed by atoms with Crippen molar-refractivity contribution in [3.05, 3.63) is 59.7 Å². The van der Waals surface area contributed by atoms with E-state index in [4.69, 9.17) is 4.74 Å². The van der Waals surface area contributed by atoms with Crippen molar-refractivity contribution in [3.63, 3.8) is 0 Å². The molecule has 0 aliphatic carbocycles. The Balaban J connectivity index is 1.43. The number of sulfonamides is 1. The quantitative estimate of drug-likeness (QED) is 0.419. The summed E-state index contributed by atoms with van der Waals surface area (Å²) in [5.74, 6) is 0.651. The highest BCUT2D eigenvalue weighted by Crippen LogP contribution is 2.21. The molecule has 0 spiro atoms. The van der Waals surface area contributed by atoms with Crippen LogP contribution in [0, 0.1) is 0 Å². The summed E-state index contributed by atoms with van der Waals surface area (Å²) in [6.45, 7) is 4.56. The van der Waals surface area contributed by atoms with Gasteiger partial charge in [-0.25, -0.2) is 8.42 Å². The van der Waals surface area contributed by atoms with Crippen molar-refractivity contribution in [1.82, 2.24) is 9.62 Å². The summed E-state index contributed by atoms with van der Waals surface area (Å²) < 4.78 is 33.1. The van der Waals surface area contributed by atoms with Crippen molar-refractivity contribution >= 4 is 15.9 Å². The lowest BCUT2D eigenvalue weighted by molar-refractivity contribution is 0.0954. The predicted octanol–water partition coefficient (Wildman–Crippen LogP) is 5.18. The Labute approximate surface area is 204 Å². The molecule has 7 heteroatoms. The summed E-state index contributed by atoms with van der Waals surface area (Å²) in [6, 6.07) is 14.2. The second-order valence-electron chi connectivity index (χ2n) is 8.90. The Bertz CT molecular complexity index is 980. The molecular weight excluding hydrogens is 448 g/mol. The number of nitrogens with one attached hydrogen (secondary N) is 1. The summed E-state index contributed by atoms with van der Waals surface area (Å²) in [7, 11) is -3.43. The fraction of sp³-hybridized carbons (Fsp3) is 0.519. The molecule has 1 aliphatic rings. The van der Waals surface area contributed by atoms with Gasteiger partial charge < -0.3 is 10.1 Å². The fourth-order valence-corrected chi connectivity index (χ4v) is 5.62. The zero-order valence-corrected chi connectivity index (χ0v) is 21.1. The van der Waals surface area contributed by atoms with Gasteiger partial charge in [-0.1, -0.05) is 51.2 Å². The summed E-state index contributed by atoms with van der Waals surface area (Å²) in [5.41, 5.74) is 1.58. The number of amides is 1. The van der Waals surface area contributed by atoms with E-state index in [1.807, 2.05) is 24.3 Å². The van der Waals surface area contributed by atoms with Crippen molar-refractivity contribution in [2.45, 2.75) is 69.6 Å². The molecule has 0 aromatic heterocycles. The zero-order valence-electron chi connectivity index (χ0n) is 20.3. The van der Waals surface area contributed by atoms with Crippen molar-refractivity contribution in [1.29, 1.82) is 0 Å². The Morgan fingerprint density at radius 2 is 1.59 bits per heavy atom. The van der Waals surface area contributed by atoms with Crippen LogP contribution >= 0.6 is 0 Å². The summed E-state index contributed by atoms with van der Waals surface area (Å²) in [5, 5.41) is 2.93. The van der Waals surface area contributed by atoms with Crippen LogP contribution in [0.15, 0.2) is 53.4 Å². The van der Waals surface area contributed by atoms with Crippen molar-refractivity contribution in [3.8, 4) is 5.75 Å². The third kappa shape index (κ3) is 7.84. The first-order chi connectivity index (χ1) is 16.5. The Hall–Kier alpha value is -2.38. The van der Waals surface area contributed by atoms with Crippen LogP contribution in [0.5, 0.6) is 5.75 Å². The Morgan fingerprint density at radius 1 is 0.912 bits per heavy atom. The van der Waals surface area contributed by atoms with Crippen molar-refractivity contribution < 1.29 is 17.9 Å². The molecule has 1 fully saturated rings. The van der Waals surface area contributed by atoms with Crippen LogP contribution in [0.25, 0.3) is 0 Å². The second kappa shape index (κ2) is 13.5. The maximum atomic E-state index is 12.9. The minimum absolute atomic E-state index is 0.130. The number of carbonyl (C=O) groups is 1. The normalized spacial score (nSPS) is 15.0. The molecule has 2 aromatic rings. The van der Waals surface area contributed by atoms with Gasteiger partial charge in [0.1, 0.15) is 5.75 Å². The lowest BCUT2D eigenvalue weighted by Crippen LogP contribution is -2.31. The molecule has 1 amide bonds. The average Bonchev–Trinajstić information content (AvgIpc) is 3.15. The molecular formula is C27H38N2O4S. The van der Waals surface area contributed by atoms with E-state index < -0.39 is 10.0 Å². The third-order valence-corrected chi connectivity index (χ3v) is 8.12. The van der Waals surface area contributed by atoms with Crippen molar-refractivity contribution in [2.24, 2.45) is 0 Å². The van der Waals surface area contributed by atoms with Gasteiger partial charge in [0.25, 0.3) is 5.91 Å². The zero-order chi connectivity index (χ0) is 24.2. The SMILES string of the molecule is CCCCCCOc1ccc(C(=O)NCCc2ccc(S(=O)(=O)N3CCCCCC3)cc2)cc1. The molecule has 1 heterocycles. The molecule has 1 aliphatic heterocycles. The highest BCUT2D eigenvalue weighted by molar-refractivity contribution is 7.89. The Morgan fingerprint density at radius 3 is 2.24 bits per heavy atom. The van der Waals surface area contributed by atoms with Gasteiger partial charge >= 0.3 is 0 Å². The van der Waals surface area contributed by atoms with Crippen LogP contribution in [-0.2, 0) is 16.4 Å². The highest BCUT2D eigenvalue weighted by Gasteiger charge is 2.24. The van der Waals surface area contributed by atoms with Gasteiger partial charge in [0.05, 0.1) is 11.5 Å². The topological polar surface area (TPSA) is 75.7 Å². The molecule has 186 valence electrons. The first-order valence-corrected chi connectivity index (χ1v) is 14.0. The molecule has 34 heavy (non-hydrogen) atoms. The van der Waals surface area contributed by atoms with Crippen LogP contribution < -0.4 is 10.1 Å². The number of ether oxygens (including phenoxy) is 1. The Kier molecular flexibility index (Phi) is 10.4. The lowest BCUT2D eigenvalue weighted by atomic mass is 10.1. The smallest absolute Gasteiger partial charge is 0.251 e. The first kappa shape index (κ1) is 26.2. The standard InChI is InChI=1S/C27H38N2O4S/c1-2-3-4-9-22-33-25-14-12-24(13-15-25)27(30)28-19-18-23-10-16-26(17-11-23)34(31,32)29-20-7-5-6-8-21-29/h10-17H,2-9,18-22H2,1H3,(H,28,30). The summed E-state index contributed by atoms with van der Waals surface area (Å²) >= 11 is 0. The highest BCUT2D eigenvalue weighted by atomic mass is 32.2. The van der Waals surface area contributed by atoms with E-state index in [9.17, 15) is 13.2 Å². The van der Waals surface area contributed by atoms with Crippen LogP contribution in [0.2, 0.25) is 0 Å². The van der Waals surface area contributed by atoms with Gasteiger partial charge in [-0.3, -0.25) is 4.79 Å². The molecule has 1 saturated heterocycles. The van der Waals surface area contributed by atoms with Gasteiger partial charge in [0.2, 0.25) is 10.0 Å². The number of rotatable bonds is 12. The van der Waals surface area contributed by atoms with E-state index in [2.05, 4.69) is 12.2 Å². The molecule has 2 aromatic carbocycles. The van der Waals surface area contributed by atoms with Crippen LogP contribution in [0.4, 0.5) is 0 Å². The van der Waals surface area contributed by atoms with Gasteiger partial charge in [-0.05, 0) is 67.6 Å². The predicted molar refractivity (Wildman–Crippen MR) is 136 cm³/mol. The number of unbranched alkanes of at least 4 members (excludes halogenated alkanes) is 3. The van der Waals surface area contributed by atoms with E-state index >= 15 is 0 Å². The molecule has 0 radical (unpaired) electrons. The van der Waals surface area contributed by atoms with Crippen LogP contribution in [-0.4, -0.2) is 44.9 Å². The molecule has 1 N–H and O–H groups in total. The summed E-state index contributed by atoms with van der Waals surface area (Å²) in [4.78, 5) is 12.8. The minimum atomic E-state index is -3.43. The number of benzene rings is 2. The lowest BCUT2D eigenvalue weighted by Gasteiger charge is -2.20. The molecule has 6 nitrogen and oxygen atoms in total. The van der Waals surface area contributed by atoms with Crippen LogP contribution in [0.1, 0.15) is 74.2 Å². The van der Waals surface area contributed by atoms with E-state index in [1.54, 1.807) is 28.6 Å². The molecule has 0 unspecified atom stereocenters. The molecule has 0 saturated carbocycles. The van der Waals surface area contributed by atoms with E-state index in [0.717, 1.165) is 43.4 Å². The number of hydrogen-bond acceptors (Lipinski definition) is 4. The first-order valence-electron chi connectivity index (χ1n) is 12.6. The number of nitrogens with zero attached hydrogens (tertiary/aromatic N) is 1. The minimum Gasteiger partial charge on any atom is -0.494 e. The van der Waals surface area contributed by atoms with Gasteiger partial charge in [0.15, 0.2) is 0 Å². The third-order valence-electron chi connectivity index (χ3n) is 6.21.